The van der Waals surface area contributed by atoms with E-state index in [1.807, 2.05) is 0 Å². The molecule has 0 fully saturated rings. The highest BCUT2D eigenvalue weighted by atomic mass is 15.4. The fraction of sp³-hybridized carbons (Fsp3) is 0.714. The van der Waals surface area contributed by atoms with Crippen molar-refractivity contribution in [3.63, 3.8) is 0 Å². The molecule has 2 nitrogen and oxygen atoms in total. The van der Waals surface area contributed by atoms with E-state index in [1.54, 1.807) is 0 Å². The van der Waals surface area contributed by atoms with Gasteiger partial charge in [0.25, 0.3) is 0 Å². The zero-order valence-corrected chi connectivity index (χ0v) is 6.55. The van der Waals surface area contributed by atoms with Crippen LogP contribution >= 0.6 is 0 Å². The molecule has 0 saturated heterocycles. The minimum absolute atomic E-state index is 0.167. The van der Waals surface area contributed by atoms with E-state index in [2.05, 4.69) is 50.1 Å². The maximum Gasteiger partial charge on any atom is 0.105 e. The average molecular weight is 126 g/mol. The van der Waals surface area contributed by atoms with Crippen LogP contribution in [0, 0.1) is 0 Å². The lowest BCUT2D eigenvalue weighted by atomic mass is 10.2. The van der Waals surface area contributed by atoms with E-state index >= 15 is 0 Å². The van der Waals surface area contributed by atoms with Gasteiger partial charge < -0.3 is 9.80 Å². The normalized spacial score (nSPS) is 23.6. The first-order valence-electron chi connectivity index (χ1n) is 3.19. The van der Waals surface area contributed by atoms with Crippen molar-refractivity contribution in [2.75, 3.05) is 14.1 Å². The van der Waals surface area contributed by atoms with Gasteiger partial charge in [0, 0.05) is 26.5 Å². The lowest BCUT2D eigenvalue weighted by Crippen LogP contribution is -2.44. The van der Waals surface area contributed by atoms with Gasteiger partial charge >= 0.3 is 0 Å². The van der Waals surface area contributed by atoms with Crippen molar-refractivity contribution in [1.29, 1.82) is 0 Å². The minimum Gasteiger partial charge on any atom is -0.357 e. The maximum absolute atomic E-state index is 2.19. The molecule has 0 radical (unpaired) electrons. The van der Waals surface area contributed by atoms with Crippen molar-refractivity contribution >= 4 is 0 Å². The quantitative estimate of drug-likeness (QED) is 0.479. The van der Waals surface area contributed by atoms with Gasteiger partial charge in [0.15, 0.2) is 0 Å². The molecule has 0 spiro atoms. The van der Waals surface area contributed by atoms with Gasteiger partial charge in [0.05, 0.1) is 0 Å². The van der Waals surface area contributed by atoms with E-state index in [-0.39, 0.29) is 5.66 Å². The molecule has 0 aliphatic carbocycles. The standard InChI is InChI=1S/C7H14N2/c1-7(2)8(3)5-6-9(7)4/h5-6H,1-4H3. The van der Waals surface area contributed by atoms with E-state index in [0.717, 1.165) is 0 Å². The molecule has 1 rings (SSSR count). The second-order valence-corrected chi connectivity index (χ2v) is 3.01. The van der Waals surface area contributed by atoms with Crippen molar-refractivity contribution in [2.24, 2.45) is 0 Å². The summed E-state index contributed by atoms with van der Waals surface area (Å²) in [5.74, 6) is 0. The summed E-state index contributed by atoms with van der Waals surface area (Å²) in [7, 11) is 4.17. The summed E-state index contributed by atoms with van der Waals surface area (Å²) in [6, 6.07) is 0. The Kier molecular flexibility index (Phi) is 1.19. The predicted octanol–water partition coefficient (Wildman–Crippen LogP) is 1.07. The highest BCUT2D eigenvalue weighted by Crippen LogP contribution is 2.22. The van der Waals surface area contributed by atoms with Crippen LogP contribution in [0.15, 0.2) is 12.4 Å². The van der Waals surface area contributed by atoms with Crippen LogP contribution in [0.1, 0.15) is 13.8 Å². The molecule has 2 heteroatoms. The first-order chi connectivity index (χ1) is 4.05. The zero-order chi connectivity index (χ0) is 7.07. The van der Waals surface area contributed by atoms with Gasteiger partial charge in [-0.15, -0.1) is 0 Å². The first-order valence-corrected chi connectivity index (χ1v) is 3.19. The molecule has 0 bridgehead atoms. The zero-order valence-electron chi connectivity index (χ0n) is 6.55. The van der Waals surface area contributed by atoms with Gasteiger partial charge in [-0.3, -0.25) is 0 Å². The van der Waals surface area contributed by atoms with Gasteiger partial charge in [-0.1, -0.05) is 0 Å². The second-order valence-electron chi connectivity index (χ2n) is 3.01. The number of nitrogens with zero attached hydrogens (tertiary/aromatic N) is 2. The third kappa shape index (κ3) is 0.784. The van der Waals surface area contributed by atoms with Crippen molar-refractivity contribution in [3.8, 4) is 0 Å². The highest BCUT2D eigenvalue weighted by molar-refractivity contribution is 4.99. The van der Waals surface area contributed by atoms with Crippen LogP contribution < -0.4 is 0 Å². The molecule has 0 atom stereocenters. The summed E-state index contributed by atoms with van der Waals surface area (Å²) in [5.41, 5.74) is 0.167. The van der Waals surface area contributed by atoms with Gasteiger partial charge in [0.2, 0.25) is 0 Å². The third-order valence-electron chi connectivity index (χ3n) is 2.24. The van der Waals surface area contributed by atoms with Crippen molar-refractivity contribution in [2.45, 2.75) is 19.5 Å². The van der Waals surface area contributed by atoms with Crippen LogP contribution in [-0.2, 0) is 0 Å². The molecule has 0 unspecified atom stereocenters. The summed E-state index contributed by atoms with van der Waals surface area (Å²) >= 11 is 0. The number of hydrogen-bond donors (Lipinski definition) is 0. The molecule has 0 saturated carbocycles. The topological polar surface area (TPSA) is 6.48 Å². The Morgan fingerprint density at radius 3 is 1.44 bits per heavy atom. The Hall–Kier alpha value is -0.660. The molecular weight excluding hydrogens is 112 g/mol. The summed E-state index contributed by atoms with van der Waals surface area (Å²) in [6.45, 7) is 4.38. The van der Waals surface area contributed by atoms with Crippen LogP contribution in [0.5, 0.6) is 0 Å². The first kappa shape index (κ1) is 6.46. The van der Waals surface area contributed by atoms with E-state index in [1.165, 1.54) is 0 Å². The van der Waals surface area contributed by atoms with Crippen LogP contribution in [-0.4, -0.2) is 29.6 Å². The van der Waals surface area contributed by atoms with Gasteiger partial charge in [-0.2, -0.15) is 0 Å². The second kappa shape index (κ2) is 1.66. The van der Waals surface area contributed by atoms with Crippen LogP contribution in [0.2, 0.25) is 0 Å². The monoisotopic (exact) mass is 126 g/mol. The molecule has 0 aromatic rings. The van der Waals surface area contributed by atoms with Gasteiger partial charge in [0.1, 0.15) is 5.66 Å². The SMILES string of the molecule is CN1C=CN(C)C1(C)C. The van der Waals surface area contributed by atoms with E-state index < -0.39 is 0 Å². The Balaban J connectivity index is 2.76. The largest absolute Gasteiger partial charge is 0.357 e. The molecule has 1 heterocycles. The summed E-state index contributed by atoms with van der Waals surface area (Å²) in [5, 5.41) is 0. The molecule has 1 aliphatic heterocycles. The average Bonchev–Trinajstić information content (AvgIpc) is 1.96. The molecule has 9 heavy (non-hydrogen) atoms. The Morgan fingerprint density at radius 2 is 1.33 bits per heavy atom. The summed E-state index contributed by atoms with van der Waals surface area (Å²) in [4.78, 5) is 4.38. The highest BCUT2D eigenvalue weighted by Gasteiger charge is 2.28. The molecule has 0 amide bonds. The Morgan fingerprint density at radius 1 is 1.00 bits per heavy atom. The lowest BCUT2D eigenvalue weighted by Gasteiger charge is -2.35. The van der Waals surface area contributed by atoms with Crippen LogP contribution in [0.3, 0.4) is 0 Å². The molecule has 0 aromatic carbocycles. The predicted molar refractivity (Wildman–Crippen MR) is 38.7 cm³/mol. The molecule has 0 N–H and O–H groups in total. The molecular formula is C7H14N2. The summed E-state index contributed by atoms with van der Waals surface area (Å²) in [6.07, 6.45) is 4.17. The summed E-state index contributed by atoms with van der Waals surface area (Å²) < 4.78 is 0. The van der Waals surface area contributed by atoms with Gasteiger partial charge in [-0.05, 0) is 13.8 Å². The van der Waals surface area contributed by atoms with Crippen molar-refractivity contribution < 1.29 is 0 Å². The van der Waals surface area contributed by atoms with Gasteiger partial charge in [-0.25, -0.2) is 0 Å². The van der Waals surface area contributed by atoms with Crippen molar-refractivity contribution in [3.05, 3.63) is 12.4 Å². The smallest absolute Gasteiger partial charge is 0.105 e. The minimum atomic E-state index is 0.167. The Labute approximate surface area is 56.8 Å². The number of hydrogen-bond acceptors (Lipinski definition) is 2. The van der Waals surface area contributed by atoms with Crippen LogP contribution in [0.4, 0.5) is 0 Å². The molecule has 1 aliphatic rings. The fourth-order valence-electron chi connectivity index (χ4n) is 0.814. The van der Waals surface area contributed by atoms with E-state index in [4.69, 9.17) is 0 Å². The van der Waals surface area contributed by atoms with Crippen molar-refractivity contribution in [1.82, 2.24) is 9.80 Å². The third-order valence-corrected chi connectivity index (χ3v) is 2.24. The Bertz CT molecular complexity index is 124. The van der Waals surface area contributed by atoms with E-state index in [9.17, 15) is 0 Å². The number of rotatable bonds is 0. The maximum atomic E-state index is 2.19. The van der Waals surface area contributed by atoms with Crippen LogP contribution in [0.25, 0.3) is 0 Å². The fourth-order valence-corrected chi connectivity index (χ4v) is 0.814. The molecule has 0 aromatic heterocycles. The lowest BCUT2D eigenvalue weighted by molar-refractivity contribution is 0.105. The molecule has 52 valence electrons. The van der Waals surface area contributed by atoms with E-state index in [0.29, 0.717) is 0 Å².